The van der Waals surface area contributed by atoms with E-state index in [1.165, 1.54) is 0 Å². The van der Waals surface area contributed by atoms with Gasteiger partial charge in [-0.2, -0.15) is 0 Å². The molecule has 90 valence electrons. The minimum atomic E-state index is -0.0580. The fraction of sp³-hybridized carbons (Fsp3) is 0.385. The lowest BCUT2D eigenvalue weighted by atomic mass is 10.1. The van der Waals surface area contributed by atoms with E-state index >= 15 is 0 Å². The number of fused-ring (bicyclic) bond motifs is 1. The monoisotopic (exact) mass is 250 g/mol. The largest absolute Gasteiger partial charge is 0.269 e. The highest BCUT2D eigenvalue weighted by molar-refractivity contribution is 6.30. The van der Waals surface area contributed by atoms with Crippen molar-refractivity contribution in [3.8, 4) is 0 Å². The van der Waals surface area contributed by atoms with Crippen LogP contribution in [0.2, 0.25) is 5.15 Å². The second-order valence-corrected chi connectivity index (χ2v) is 5.03. The molecule has 0 radical (unpaired) electrons. The van der Waals surface area contributed by atoms with Crippen LogP contribution in [0.25, 0.3) is 5.65 Å². The van der Waals surface area contributed by atoms with Gasteiger partial charge in [0.05, 0.1) is 5.56 Å². The smallest absolute Gasteiger partial charge is 0.262 e. The molecule has 0 unspecified atom stereocenters. The fourth-order valence-corrected chi connectivity index (χ4v) is 2.13. The van der Waals surface area contributed by atoms with Gasteiger partial charge in [0.25, 0.3) is 5.56 Å². The van der Waals surface area contributed by atoms with E-state index in [0.717, 1.165) is 5.56 Å². The van der Waals surface area contributed by atoms with Crippen molar-refractivity contribution >= 4 is 17.2 Å². The van der Waals surface area contributed by atoms with Gasteiger partial charge in [-0.15, -0.1) is 0 Å². The van der Waals surface area contributed by atoms with E-state index in [4.69, 9.17) is 11.6 Å². The first-order chi connectivity index (χ1) is 8.00. The van der Waals surface area contributed by atoms with Gasteiger partial charge in [0.15, 0.2) is 0 Å². The average Bonchev–Trinajstić information content (AvgIpc) is 2.26. The van der Waals surface area contributed by atoms with E-state index in [1.54, 1.807) is 10.6 Å². The van der Waals surface area contributed by atoms with Gasteiger partial charge in [-0.05, 0) is 30.9 Å². The van der Waals surface area contributed by atoms with Gasteiger partial charge in [-0.25, -0.2) is 4.98 Å². The van der Waals surface area contributed by atoms with Gasteiger partial charge in [-0.3, -0.25) is 9.20 Å². The molecule has 0 bridgehead atoms. The normalized spacial score (nSPS) is 11.4. The molecule has 0 spiro atoms. The molecule has 2 aromatic heterocycles. The molecule has 2 aromatic rings. The van der Waals surface area contributed by atoms with Crippen LogP contribution in [0.15, 0.2) is 23.1 Å². The van der Waals surface area contributed by atoms with Gasteiger partial charge in [0, 0.05) is 6.20 Å². The van der Waals surface area contributed by atoms with Crippen LogP contribution >= 0.6 is 11.6 Å². The predicted octanol–water partition coefficient (Wildman–Crippen LogP) is 2.85. The summed E-state index contributed by atoms with van der Waals surface area (Å²) in [4.78, 5) is 16.6. The van der Waals surface area contributed by atoms with Crippen LogP contribution in [0.5, 0.6) is 0 Å². The molecule has 0 amide bonds. The van der Waals surface area contributed by atoms with E-state index in [-0.39, 0.29) is 5.56 Å². The summed E-state index contributed by atoms with van der Waals surface area (Å²) in [5, 5.41) is 0.331. The number of pyridine rings is 1. The second-order valence-electron chi connectivity index (χ2n) is 4.67. The number of rotatable bonds is 2. The number of aryl methyl sites for hydroxylation is 1. The molecule has 4 heteroatoms. The summed E-state index contributed by atoms with van der Waals surface area (Å²) < 4.78 is 1.57. The van der Waals surface area contributed by atoms with Crippen molar-refractivity contribution in [2.45, 2.75) is 27.2 Å². The molecule has 0 aliphatic carbocycles. The Kier molecular flexibility index (Phi) is 3.20. The molecular formula is C13H15ClN2O. The molecule has 0 fully saturated rings. The van der Waals surface area contributed by atoms with E-state index in [2.05, 4.69) is 18.8 Å². The third-order valence-corrected chi connectivity index (χ3v) is 3.02. The van der Waals surface area contributed by atoms with Crippen LogP contribution in [-0.2, 0) is 6.42 Å². The average molecular weight is 251 g/mol. The molecular weight excluding hydrogens is 236 g/mol. The summed E-state index contributed by atoms with van der Waals surface area (Å²) in [6.07, 6.45) is 2.39. The number of hydrogen-bond donors (Lipinski definition) is 0. The summed E-state index contributed by atoms with van der Waals surface area (Å²) >= 11 is 6.10. The summed E-state index contributed by atoms with van der Waals surface area (Å²) in [5.41, 5.74) is 2.12. The van der Waals surface area contributed by atoms with Gasteiger partial charge in [0.1, 0.15) is 10.8 Å². The van der Waals surface area contributed by atoms with Crippen LogP contribution in [-0.4, -0.2) is 9.38 Å². The number of halogens is 1. The Morgan fingerprint density at radius 1 is 1.47 bits per heavy atom. The summed E-state index contributed by atoms with van der Waals surface area (Å²) in [7, 11) is 0. The summed E-state index contributed by atoms with van der Waals surface area (Å²) in [6, 6.07) is 3.76. The Balaban J connectivity index is 2.77. The third kappa shape index (κ3) is 2.20. The van der Waals surface area contributed by atoms with Crippen LogP contribution in [0, 0.1) is 12.8 Å². The van der Waals surface area contributed by atoms with E-state index < -0.39 is 0 Å². The Morgan fingerprint density at radius 2 is 2.18 bits per heavy atom. The second kappa shape index (κ2) is 4.49. The highest BCUT2D eigenvalue weighted by Gasteiger charge is 2.13. The number of aromatic nitrogens is 2. The molecule has 0 aromatic carbocycles. The van der Waals surface area contributed by atoms with Gasteiger partial charge in [0.2, 0.25) is 0 Å². The Morgan fingerprint density at radius 3 is 2.82 bits per heavy atom. The first-order valence-corrected chi connectivity index (χ1v) is 6.05. The zero-order valence-electron chi connectivity index (χ0n) is 10.2. The lowest BCUT2D eigenvalue weighted by molar-refractivity contribution is 0.639. The van der Waals surface area contributed by atoms with Crippen molar-refractivity contribution in [3.63, 3.8) is 0 Å². The quantitative estimate of drug-likeness (QED) is 0.768. The third-order valence-electron chi connectivity index (χ3n) is 2.70. The van der Waals surface area contributed by atoms with Gasteiger partial charge >= 0.3 is 0 Å². The molecule has 2 heterocycles. The minimum absolute atomic E-state index is 0.0580. The molecule has 2 rings (SSSR count). The Bertz CT molecular complexity index is 617. The maximum Gasteiger partial charge on any atom is 0.262 e. The van der Waals surface area contributed by atoms with Crippen LogP contribution in [0.1, 0.15) is 25.0 Å². The zero-order valence-corrected chi connectivity index (χ0v) is 11.0. The Hall–Kier alpha value is -1.35. The standard InChI is InChI=1S/C13H15ClN2O/c1-8(2)7-10-11(14)15-12-9(3)5-4-6-16(12)13(10)17/h4-6,8H,7H2,1-3H3. The molecule has 0 N–H and O–H groups in total. The molecule has 0 aliphatic heterocycles. The predicted molar refractivity (Wildman–Crippen MR) is 69.8 cm³/mol. The highest BCUT2D eigenvalue weighted by atomic mass is 35.5. The first-order valence-electron chi connectivity index (χ1n) is 5.67. The highest BCUT2D eigenvalue weighted by Crippen LogP contribution is 2.16. The first kappa shape index (κ1) is 12.1. The van der Waals surface area contributed by atoms with Crippen LogP contribution < -0.4 is 5.56 Å². The van der Waals surface area contributed by atoms with E-state index in [1.807, 2.05) is 19.1 Å². The number of nitrogens with zero attached hydrogens (tertiary/aromatic N) is 2. The lowest BCUT2D eigenvalue weighted by Gasteiger charge is -2.09. The van der Waals surface area contributed by atoms with Crippen molar-refractivity contribution in [1.82, 2.24) is 9.38 Å². The van der Waals surface area contributed by atoms with Crippen molar-refractivity contribution in [2.75, 3.05) is 0 Å². The van der Waals surface area contributed by atoms with Gasteiger partial charge < -0.3 is 0 Å². The summed E-state index contributed by atoms with van der Waals surface area (Å²) in [6.45, 7) is 6.03. The van der Waals surface area contributed by atoms with E-state index in [0.29, 0.717) is 28.7 Å². The zero-order chi connectivity index (χ0) is 12.6. The van der Waals surface area contributed by atoms with Gasteiger partial charge in [-0.1, -0.05) is 31.5 Å². The topological polar surface area (TPSA) is 34.4 Å². The van der Waals surface area contributed by atoms with Crippen molar-refractivity contribution < 1.29 is 0 Å². The maximum atomic E-state index is 12.3. The SMILES string of the molecule is Cc1cccn2c(=O)c(CC(C)C)c(Cl)nc12. The molecule has 3 nitrogen and oxygen atoms in total. The summed E-state index contributed by atoms with van der Waals surface area (Å²) in [5.74, 6) is 0.379. The van der Waals surface area contributed by atoms with Crippen LogP contribution in [0.4, 0.5) is 0 Å². The number of hydrogen-bond acceptors (Lipinski definition) is 2. The van der Waals surface area contributed by atoms with Crippen molar-refractivity contribution in [2.24, 2.45) is 5.92 Å². The molecule has 0 atom stereocenters. The van der Waals surface area contributed by atoms with E-state index in [9.17, 15) is 4.79 Å². The molecule has 0 saturated carbocycles. The Labute approximate surface area is 105 Å². The molecule has 17 heavy (non-hydrogen) atoms. The molecule has 0 saturated heterocycles. The maximum absolute atomic E-state index is 12.3. The van der Waals surface area contributed by atoms with Crippen molar-refractivity contribution in [1.29, 1.82) is 0 Å². The van der Waals surface area contributed by atoms with Crippen LogP contribution in [0.3, 0.4) is 0 Å². The fourth-order valence-electron chi connectivity index (χ4n) is 1.89. The molecule has 0 aliphatic rings. The lowest BCUT2D eigenvalue weighted by Crippen LogP contribution is -2.22. The van der Waals surface area contributed by atoms with Crippen molar-refractivity contribution in [3.05, 3.63) is 45.0 Å². The minimum Gasteiger partial charge on any atom is -0.269 e.